The van der Waals surface area contributed by atoms with Gasteiger partial charge in [0.25, 0.3) is 0 Å². The highest BCUT2D eigenvalue weighted by Crippen LogP contribution is 2.23. The lowest BCUT2D eigenvalue weighted by atomic mass is 10.2. The van der Waals surface area contributed by atoms with Crippen molar-refractivity contribution in [2.24, 2.45) is 0 Å². The second-order valence-electron chi connectivity index (χ2n) is 3.22. The Morgan fingerprint density at radius 1 is 1.38 bits per heavy atom. The molecule has 0 aliphatic rings. The van der Waals surface area contributed by atoms with E-state index in [4.69, 9.17) is 4.74 Å². The van der Waals surface area contributed by atoms with Crippen molar-refractivity contribution < 1.29 is 22.6 Å². The molecule has 16 heavy (non-hydrogen) atoms. The zero-order chi connectivity index (χ0) is 12.2. The van der Waals surface area contributed by atoms with E-state index in [1.807, 2.05) is 0 Å². The summed E-state index contributed by atoms with van der Waals surface area (Å²) >= 11 is 0. The number of aromatic nitrogens is 1. The fraction of sp³-hybridized carbons (Fsp3) is 0.500. The molecule has 0 amide bonds. The number of hydrogen-bond donors (Lipinski definition) is 0. The van der Waals surface area contributed by atoms with Gasteiger partial charge >= 0.3 is 6.18 Å². The van der Waals surface area contributed by atoms with Crippen LogP contribution < -0.4 is 4.74 Å². The SMILES string of the molecule is COCc1nccc(OCC(F)(F)F)c1C. The minimum absolute atomic E-state index is 0.180. The second-order valence-corrected chi connectivity index (χ2v) is 3.22. The van der Waals surface area contributed by atoms with Crippen LogP contribution in [0.3, 0.4) is 0 Å². The molecule has 0 atom stereocenters. The van der Waals surface area contributed by atoms with Gasteiger partial charge in [0.1, 0.15) is 5.75 Å². The zero-order valence-corrected chi connectivity index (χ0v) is 8.97. The predicted molar refractivity (Wildman–Crippen MR) is 51.2 cm³/mol. The molecule has 0 N–H and O–H groups in total. The number of alkyl halides is 3. The average Bonchev–Trinajstić information content (AvgIpc) is 2.18. The summed E-state index contributed by atoms with van der Waals surface area (Å²) in [6.45, 7) is 0.590. The van der Waals surface area contributed by atoms with Gasteiger partial charge in [-0.25, -0.2) is 0 Å². The highest BCUT2D eigenvalue weighted by atomic mass is 19.4. The summed E-state index contributed by atoms with van der Waals surface area (Å²) in [6, 6.07) is 1.40. The van der Waals surface area contributed by atoms with Gasteiger partial charge in [0, 0.05) is 18.9 Å². The normalized spacial score (nSPS) is 11.6. The van der Waals surface area contributed by atoms with Gasteiger partial charge in [-0.1, -0.05) is 0 Å². The minimum atomic E-state index is -4.34. The highest BCUT2D eigenvalue weighted by molar-refractivity contribution is 5.34. The number of methoxy groups -OCH3 is 1. The van der Waals surface area contributed by atoms with Crippen LogP contribution in [0.25, 0.3) is 0 Å². The molecule has 1 heterocycles. The maximum atomic E-state index is 12.0. The van der Waals surface area contributed by atoms with Crippen molar-refractivity contribution in [2.75, 3.05) is 13.7 Å². The molecule has 0 aliphatic heterocycles. The standard InChI is InChI=1S/C10H12F3NO2/c1-7-8(5-15-2)14-4-3-9(7)16-6-10(11,12)13/h3-4H,5-6H2,1-2H3. The maximum absolute atomic E-state index is 12.0. The molecule has 0 saturated carbocycles. The maximum Gasteiger partial charge on any atom is 0.422 e. The van der Waals surface area contributed by atoms with E-state index in [1.54, 1.807) is 6.92 Å². The van der Waals surface area contributed by atoms with Crippen LogP contribution in [-0.2, 0) is 11.3 Å². The largest absolute Gasteiger partial charge is 0.484 e. The lowest BCUT2D eigenvalue weighted by molar-refractivity contribution is -0.153. The zero-order valence-electron chi connectivity index (χ0n) is 8.97. The molecule has 3 nitrogen and oxygen atoms in total. The van der Waals surface area contributed by atoms with E-state index < -0.39 is 12.8 Å². The van der Waals surface area contributed by atoms with E-state index in [9.17, 15) is 13.2 Å². The first-order valence-corrected chi connectivity index (χ1v) is 4.57. The Kier molecular flexibility index (Phi) is 4.12. The lowest BCUT2D eigenvalue weighted by Gasteiger charge is -2.12. The van der Waals surface area contributed by atoms with E-state index in [0.29, 0.717) is 11.3 Å². The van der Waals surface area contributed by atoms with Crippen LogP contribution in [0.5, 0.6) is 5.75 Å². The van der Waals surface area contributed by atoms with Crippen molar-refractivity contribution in [1.29, 1.82) is 0 Å². The van der Waals surface area contributed by atoms with Crippen LogP contribution in [0.2, 0.25) is 0 Å². The predicted octanol–water partition coefficient (Wildman–Crippen LogP) is 2.48. The molecule has 0 unspecified atom stereocenters. The summed E-state index contributed by atoms with van der Waals surface area (Å²) in [6.07, 6.45) is -2.94. The quantitative estimate of drug-likeness (QED) is 0.803. The molecule has 90 valence electrons. The summed E-state index contributed by atoms with van der Waals surface area (Å²) in [4.78, 5) is 3.99. The van der Waals surface area contributed by atoms with Gasteiger partial charge in [0.2, 0.25) is 0 Å². The van der Waals surface area contributed by atoms with Gasteiger partial charge in [-0.2, -0.15) is 13.2 Å². The molecule has 0 aliphatic carbocycles. The molecule has 0 spiro atoms. The number of halogens is 3. The lowest BCUT2D eigenvalue weighted by Crippen LogP contribution is -2.19. The topological polar surface area (TPSA) is 31.4 Å². The second kappa shape index (κ2) is 5.16. The monoisotopic (exact) mass is 235 g/mol. The van der Waals surface area contributed by atoms with Crippen molar-refractivity contribution >= 4 is 0 Å². The fourth-order valence-corrected chi connectivity index (χ4v) is 1.16. The third kappa shape index (κ3) is 3.69. The number of pyridine rings is 1. The number of nitrogens with zero attached hydrogens (tertiary/aromatic N) is 1. The molecule has 0 bridgehead atoms. The molecule has 1 aromatic rings. The van der Waals surface area contributed by atoms with E-state index in [2.05, 4.69) is 9.72 Å². The Labute approximate surface area is 91.2 Å². The van der Waals surface area contributed by atoms with Gasteiger partial charge in [-0.3, -0.25) is 4.98 Å². The number of rotatable bonds is 4. The highest BCUT2D eigenvalue weighted by Gasteiger charge is 2.28. The molecule has 0 fully saturated rings. The van der Waals surface area contributed by atoms with Gasteiger partial charge in [-0.05, 0) is 13.0 Å². The van der Waals surface area contributed by atoms with Crippen LogP contribution in [0, 0.1) is 6.92 Å². The minimum Gasteiger partial charge on any atom is -0.484 e. The van der Waals surface area contributed by atoms with Crippen molar-refractivity contribution in [3.63, 3.8) is 0 Å². The first-order chi connectivity index (χ1) is 7.44. The van der Waals surface area contributed by atoms with Crippen LogP contribution in [0.4, 0.5) is 13.2 Å². The summed E-state index contributed by atoms with van der Waals surface area (Å²) in [7, 11) is 1.49. The Hall–Kier alpha value is -1.30. The summed E-state index contributed by atoms with van der Waals surface area (Å²) in [5.41, 5.74) is 1.13. The van der Waals surface area contributed by atoms with E-state index in [-0.39, 0.29) is 12.4 Å². The first kappa shape index (κ1) is 12.8. The van der Waals surface area contributed by atoms with Crippen LogP contribution >= 0.6 is 0 Å². The Bertz CT molecular complexity index is 352. The van der Waals surface area contributed by atoms with Gasteiger partial charge in [0.15, 0.2) is 6.61 Å². The molecule has 1 rings (SSSR count). The van der Waals surface area contributed by atoms with Crippen LogP contribution in [0.15, 0.2) is 12.3 Å². The van der Waals surface area contributed by atoms with Crippen molar-refractivity contribution in [2.45, 2.75) is 19.7 Å². The molecule has 0 saturated heterocycles. The van der Waals surface area contributed by atoms with E-state index in [0.717, 1.165) is 0 Å². The Morgan fingerprint density at radius 3 is 2.62 bits per heavy atom. The van der Waals surface area contributed by atoms with Crippen molar-refractivity contribution in [3.8, 4) is 5.75 Å². The third-order valence-corrected chi connectivity index (χ3v) is 1.93. The van der Waals surface area contributed by atoms with Gasteiger partial charge in [0.05, 0.1) is 12.3 Å². The molecular formula is C10H12F3NO2. The summed E-state index contributed by atoms with van der Waals surface area (Å²) in [5.74, 6) is 0.180. The smallest absolute Gasteiger partial charge is 0.422 e. The molecule has 6 heteroatoms. The fourth-order valence-electron chi connectivity index (χ4n) is 1.16. The van der Waals surface area contributed by atoms with Gasteiger partial charge < -0.3 is 9.47 Å². The van der Waals surface area contributed by atoms with Crippen molar-refractivity contribution in [3.05, 3.63) is 23.5 Å². The number of ether oxygens (including phenoxy) is 2. The summed E-state index contributed by atoms with van der Waals surface area (Å²) in [5, 5.41) is 0. The number of hydrogen-bond acceptors (Lipinski definition) is 3. The first-order valence-electron chi connectivity index (χ1n) is 4.57. The molecular weight excluding hydrogens is 223 g/mol. The van der Waals surface area contributed by atoms with Crippen LogP contribution in [0.1, 0.15) is 11.3 Å². The van der Waals surface area contributed by atoms with Crippen molar-refractivity contribution in [1.82, 2.24) is 4.98 Å². The van der Waals surface area contributed by atoms with Gasteiger partial charge in [-0.15, -0.1) is 0 Å². The molecule has 0 aromatic carbocycles. The van der Waals surface area contributed by atoms with E-state index in [1.165, 1.54) is 19.4 Å². The molecule has 0 radical (unpaired) electrons. The average molecular weight is 235 g/mol. The van der Waals surface area contributed by atoms with E-state index >= 15 is 0 Å². The third-order valence-electron chi connectivity index (χ3n) is 1.93. The molecule has 1 aromatic heterocycles. The summed E-state index contributed by atoms with van der Waals surface area (Å²) < 4.78 is 45.4. The Balaban J connectivity index is 2.77. The Morgan fingerprint density at radius 2 is 2.06 bits per heavy atom. The van der Waals surface area contributed by atoms with Crippen LogP contribution in [-0.4, -0.2) is 24.9 Å².